The fraction of sp³-hybridized carbons (Fsp3) is 0.500. The molecule has 0 radical (unpaired) electrons. The molecule has 1 aromatic carbocycles. The van der Waals surface area contributed by atoms with Crippen molar-refractivity contribution in [2.75, 3.05) is 18.5 Å². The topological polar surface area (TPSA) is 57.6 Å². The number of hydrogen-bond acceptors (Lipinski definition) is 4. The first-order valence-electron chi connectivity index (χ1n) is 5.77. The summed E-state index contributed by atoms with van der Waals surface area (Å²) >= 11 is 0. The molecule has 0 aliphatic carbocycles. The van der Waals surface area contributed by atoms with E-state index in [2.05, 4.69) is 0 Å². The summed E-state index contributed by atoms with van der Waals surface area (Å²) in [5.74, 6) is -3.45. The molecule has 19 heavy (non-hydrogen) atoms. The zero-order chi connectivity index (χ0) is 14.6. The summed E-state index contributed by atoms with van der Waals surface area (Å²) in [4.78, 5) is 1.15. The Hall–Kier alpha value is -1.21. The Morgan fingerprint density at radius 3 is 2.42 bits per heavy atom. The number of anilines is 1. The molecule has 0 aromatic heterocycles. The molecule has 0 aliphatic rings. The number of aliphatic hydroxyl groups excluding tert-OH is 1. The fourth-order valence-electron chi connectivity index (χ4n) is 1.61. The van der Waals surface area contributed by atoms with E-state index in [4.69, 9.17) is 0 Å². The maximum absolute atomic E-state index is 12.6. The van der Waals surface area contributed by atoms with Gasteiger partial charge < -0.3 is 10.0 Å². The van der Waals surface area contributed by atoms with Crippen molar-refractivity contribution in [2.24, 2.45) is 0 Å². The van der Waals surface area contributed by atoms with Crippen LogP contribution >= 0.6 is 0 Å². The molecule has 0 heterocycles. The molecule has 0 amide bonds. The molecule has 1 aromatic rings. The summed E-state index contributed by atoms with van der Waals surface area (Å²) in [5, 5.41) is 9.20. The number of hydrogen-bond donors (Lipinski definition) is 1. The zero-order valence-electron chi connectivity index (χ0n) is 10.8. The lowest BCUT2D eigenvalue weighted by molar-refractivity contribution is 0.187. The minimum atomic E-state index is -4.63. The molecule has 108 valence electrons. The summed E-state index contributed by atoms with van der Waals surface area (Å²) < 4.78 is 48.4. The van der Waals surface area contributed by atoms with E-state index in [1.54, 1.807) is 24.9 Å². The lowest BCUT2D eigenvalue weighted by atomic mass is 10.2. The van der Waals surface area contributed by atoms with E-state index in [-0.39, 0.29) is 5.69 Å². The van der Waals surface area contributed by atoms with Gasteiger partial charge in [-0.25, -0.2) is 8.42 Å². The van der Waals surface area contributed by atoms with Crippen LogP contribution in [0.4, 0.5) is 14.5 Å². The Labute approximate surface area is 111 Å². The molecule has 7 heteroatoms. The molecule has 0 bridgehead atoms. The second-order valence-corrected chi connectivity index (χ2v) is 6.22. The minimum Gasteiger partial charge on any atom is -0.393 e. The van der Waals surface area contributed by atoms with Crippen LogP contribution in [0.15, 0.2) is 29.2 Å². The Bertz CT molecular complexity index is 517. The van der Waals surface area contributed by atoms with Gasteiger partial charge in [-0.05, 0) is 25.5 Å². The first kappa shape index (κ1) is 15.8. The third-order valence-corrected chi connectivity index (χ3v) is 4.13. The molecule has 1 unspecified atom stereocenters. The predicted molar refractivity (Wildman–Crippen MR) is 69.2 cm³/mol. The Balaban J connectivity index is 3.09. The minimum absolute atomic E-state index is 0.212. The molecule has 0 fully saturated rings. The largest absolute Gasteiger partial charge is 0.393 e. The van der Waals surface area contributed by atoms with E-state index < -0.39 is 26.6 Å². The highest BCUT2D eigenvalue weighted by molar-refractivity contribution is 7.91. The zero-order valence-corrected chi connectivity index (χ0v) is 11.6. The first-order valence-corrected chi connectivity index (χ1v) is 7.31. The molecule has 1 N–H and O–H groups in total. The molecular formula is C12H17F2NO3S. The van der Waals surface area contributed by atoms with Crippen molar-refractivity contribution < 1.29 is 22.3 Å². The Morgan fingerprint density at radius 2 is 1.89 bits per heavy atom. The second-order valence-electron chi connectivity index (χ2n) is 4.33. The van der Waals surface area contributed by atoms with Crippen molar-refractivity contribution in [3.8, 4) is 0 Å². The van der Waals surface area contributed by atoms with Crippen molar-refractivity contribution in [3.05, 3.63) is 24.3 Å². The van der Waals surface area contributed by atoms with Gasteiger partial charge in [0.15, 0.2) is 0 Å². The summed E-state index contributed by atoms with van der Waals surface area (Å²) in [7, 11) is -3.03. The van der Waals surface area contributed by atoms with E-state index in [0.717, 1.165) is 6.07 Å². The summed E-state index contributed by atoms with van der Waals surface area (Å²) in [6.45, 7) is 1.98. The van der Waals surface area contributed by atoms with Crippen LogP contribution < -0.4 is 4.90 Å². The molecule has 0 saturated carbocycles. The maximum atomic E-state index is 12.6. The molecule has 4 nitrogen and oxygen atoms in total. The first-order chi connectivity index (χ1) is 8.76. The van der Waals surface area contributed by atoms with Crippen LogP contribution in [0.1, 0.15) is 13.3 Å². The number of aliphatic hydroxyl groups is 1. The van der Waals surface area contributed by atoms with Gasteiger partial charge in [0, 0.05) is 13.6 Å². The molecule has 0 saturated heterocycles. The fourth-order valence-corrected chi connectivity index (χ4v) is 2.59. The lowest BCUT2D eigenvalue weighted by Gasteiger charge is -2.22. The number of rotatable bonds is 6. The lowest BCUT2D eigenvalue weighted by Crippen LogP contribution is -2.24. The molecule has 1 rings (SSSR count). The van der Waals surface area contributed by atoms with Crippen LogP contribution in [-0.2, 0) is 9.84 Å². The van der Waals surface area contributed by atoms with E-state index in [9.17, 15) is 22.3 Å². The standard InChI is InChI=1S/C12H17F2NO3S/c1-9(16)7-8-15(2)10-5-3-4-6-11(10)19(17,18)12(13)14/h3-6,9,12,16H,7-8H2,1-2H3. The van der Waals surface area contributed by atoms with Gasteiger partial charge in [-0.2, -0.15) is 8.78 Å². The molecule has 1 atom stereocenters. The summed E-state index contributed by atoms with van der Waals surface area (Å²) in [5.41, 5.74) is 0.212. The van der Waals surface area contributed by atoms with Crippen molar-refractivity contribution in [1.82, 2.24) is 0 Å². The van der Waals surface area contributed by atoms with Crippen molar-refractivity contribution in [3.63, 3.8) is 0 Å². The van der Waals surface area contributed by atoms with Gasteiger partial charge in [0.2, 0.25) is 9.84 Å². The van der Waals surface area contributed by atoms with Crippen LogP contribution in [-0.4, -0.2) is 39.0 Å². The Kier molecular flexibility index (Phi) is 5.25. The summed E-state index contributed by atoms with van der Waals surface area (Å²) in [6, 6.07) is 5.62. The monoisotopic (exact) mass is 293 g/mol. The van der Waals surface area contributed by atoms with Crippen LogP contribution in [0, 0.1) is 0 Å². The van der Waals surface area contributed by atoms with E-state index in [1.165, 1.54) is 12.1 Å². The smallest absolute Gasteiger partial charge is 0.341 e. The van der Waals surface area contributed by atoms with Crippen LogP contribution in [0.2, 0.25) is 0 Å². The SMILES string of the molecule is CC(O)CCN(C)c1ccccc1S(=O)(=O)C(F)F. The van der Waals surface area contributed by atoms with Crippen LogP contribution in [0.3, 0.4) is 0 Å². The molecule has 0 spiro atoms. The second kappa shape index (κ2) is 6.29. The normalized spacial score (nSPS) is 13.6. The summed E-state index contributed by atoms with van der Waals surface area (Å²) in [6.07, 6.45) is -0.124. The van der Waals surface area contributed by atoms with Gasteiger partial charge in [-0.3, -0.25) is 0 Å². The highest BCUT2D eigenvalue weighted by Gasteiger charge is 2.29. The number of benzene rings is 1. The highest BCUT2D eigenvalue weighted by atomic mass is 32.2. The van der Waals surface area contributed by atoms with Gasteiger partial charge in [-0.1, -0.05) is 12.1 Å². The van der Waals surface area contributed by atoms with Gasteiger partial charge in [0.1, 0.15) is 0 Å². The number of halogens is 2. The number of sulfone groups is 1. The highest BCUT2D eigenvalue weighted by Crippen LogP contribution is 2.28. The van der Waals surface area contributed by atoms with Gasteiger partial charge in [0.25, 0.3) is 0 Å². The maximum Gasteiger partial charge on any atom is 0.341 e. The van der Waals surface area contributed by atoms with Crippen LogP contribution in [0.25, 0.3) is 0 Å². The van der Waals surface area contributed by atoms with Crippen LogP contribution in [0.5, 0.6) is 0 Å². The van der Waals surface area contributed by atoms with Crippen molar-refractivity contribution >= 4 is 15.5 Å². The number of nitrogens with zero attached hydrogens (tertiary/aromatic N) is 1. The van der Waals surface area contributed by atoms with Gasteiger partial charge >= 0.3 is 5.76 Å². The average Bonchev–Trinajstić information content (AvgIpc) is 2.35. The Morgan fingerprint density at radius 1 is 1.32 bits per heavy atom. The number of para-hydroxylation sites is 1. The molecular weight excluding hydrogens is 276 g/mol. The van der Waals surface area contributed by atoms with E-state index in [0.29, 0.717) is 13.0 Å². The third-order valence-electron chi connectivity index (χ3n) is 2.70. The van der Waals surface area contributed by atoms with E-state index >= 15 is 0 Å². The van der Waals surface area contributed by atoms with Gasteiger partial charge in [-0.15, -0.1) is 0 Å². The number of alkyl halides is 2. The van der Waals surface area contributed by atoms with Gasteiger partial charge in [0.05, 0.1) is 16.7 Å². The van der Waals surface area contributed by atoms with Crippen molar-refractivity contribution in [2.45, 2.75) is 30.1 Å². The third kappa shape index (κ3) is 3.87. The average molecular weight is 293 g/mol. The predicted octanol–water partition coefficient (Wildman–Crippen LogP) is 1.89. The van der Waals surface area contributed by atoms with E-state index in [1.807, 2.05) is 0 Å². The van der Waals surface area contributed by atoms with Crippen molar-refractivity contribution in [1.29, 1.82) is 0 Å². The quantitative estimate of drug-likeness (QED) is 0.870. The molecule has 0 aliphatic heterocycles.